The summed E-state index contributed by atoms with van der Waals surface area (Å²) in [7, 11) is 0. The average molecular weight is 170 g/mol. The highest BCUT2D eigenvalue weighted by Gasteiger charge is 1.97. The van der Waals surface area contributed by atoms with Crippen molar-refractivity contribution in [1.29, 1.82) is 0 Å². The summed E-state index contributed by atoms with van der Waals surface area (Å²) in [6, 6.07) is 4.43. The zero-order chi connectivity index (χ0) is 8.27. The van der Waals surface area contributed by atoms with Crippen LogP contribution < -0.4 is 0 Å². The molecule has 0 amide bonds. The summed E-state index contributed by atoms with van der Waals surface area (Å²) in [4.78, 5) is 10.3. The van der Waals surface area contributed by atoms with Gasteiger partial charge >= 0.3 is 0 Å². The first-order chi connectivity index (χ1) is 5.24. The van der Waals surface area contributed by atoms with E-state index >= 15 is 0 Å². The summed E-state index contributed by atoms with van der Waals surface area (Å²) in [6.45, 7) is 0. The van der Waals surface area contributed by atoms with Crippen molar-refractivity contribution in [2.45, 2.75) is 11.3 Å². The van der Waals surface area contributed by atoms with Crippen LogP contribution in [0, 0.1) is 5.82 Å². The zero-order valence-electron chi connectivity index (χ0n) is 5.75. The van der Waals surface area contributed by atoms with Crippen molar-refractivity contribution in [3.8, 4) is 0 Å². The van der Waals surface area contributed by atoms with Crippen LogP contribution in [0.2, 0.25) is 0 Å². The van der Waals surface area contributed by atoms with E-state index in [2.05, 4.69) is 12.6 Å². The van der Waals surface area contributed by atoms with Gasteiger partial charge in [0.15, 0.2) is 0 Å². The number of hydrogen-bond acceptors (Lipinski definition) is 2. The smallest absolute Gasteiger partial charge is 0.136 e. The molecule has 0 unspecified atom stereocenters. The highest BCUT2D eigenvalue weighted by molar-refractivity contribution is 7.80. The van der Waals surface area contributed by atoms with E-state index in [1.165, 1.54) is 6.07 Å². The minimum Gasteiger partial charge on any atom is -0.303 e. The summed E-state index contributed by atoms with van der Waals surface area (Å²) < 4.78 is 12.6. The van der Waals surface area contributed by atoms with Crippen LogP contribution in [0.15, 0.2) is 23.1 Å². The molecule has 0 bridgehead atoms. The lowest BCUT2D eigenvalue weighted by atomic mass is 10.2. The van der Waals surface area contributed by atoms with Crippen LogP contribution in [0.4, 0.5) is 4.39 Å². The fraction of sp³-hybridized carbons (Fsp3) is 0.125. The number of thiol groups is 1. The second-order valence-corrected chi connectivity index (χ2v) is 2.64. The van der Waals surface area contributed by atoms with Crippen molar-refractivity contribution < 1.29 is 9.18 Å². The zero-order valence-corrected chi connectivity index (χ0v) is 6.64. The molecule has 0 aliphatic carbocycles. The number of benzene rings is 1. The molecule has 0 atom stereocenters. The molecule has 0 saturated heterocycles. The predicted molar refractivity (Wildman–Crippen MR) is 43.4 cm³/mol. The quantitative estimate of drug-likeness (QED) is 0.529. The molecule has 1 aromatic rings. The Kier molecular flexibility index (Phi) is 2.65. The third kappa shape index (κ3) is 2.05. The van der Waals surface area contributed by atoms with Gasteiger partial charge in [0, 0.05) is 11.3 Å². The fourth-order valence-electron chi connectivity index (χ4n) is 0.781. The SMILES string of the molecule is O=CCc1ccc(F)c(S)c1. The topological polar surface area (TPSA) is 17.1 Å². The van der Waals surface area contributed by atoms with Crippen molar-refractivity contribution in [3.05, 3.63) is 29.6 Å². The molecule has 0 N–H and O–H groups in total. The second kappa shape index (κ2) is 3.53. The van der Waals surface area contributed by atoms with Gasteiger partial charge in [0.25, 0.3) is 0 Å². The molecule has 0 spiro atoms. The molecule has 0 fully saturated rings. The Labute approximate surface area is 69.6 Å². The van der Waals surface area contributed by atoms with E-state index in [1.807, 2.05) is 0 Å². The average Bonchev–Trinajstić information content (AvgIpc) is 1.98. The number of carbonyl (C=O) groups excluding carboxylic acids is 1. The molecule has 0 heterocycles. The number of aldehydes is 1. The van der Waals surface area contributed by atoms with Gasteiger partial charge in [-0.1, -0.05) is 6.07 Å². The number of halogens is 1. The maximum absolute atomic E-state index is 12.6. The third-order valence-corrected chi connectivity index (χ3v) is 1.67. The van der Waals surface area contributed by atoms with Crippen molar-refractivity contribution in [2.75, 3.05) is 0 Å². The van der Waals surface area contributed by atoms with E-state index < -0.39 is 0 Å². The van der Waals surface area contributed by atoms with E-state index in [9.17, 15) is 9.18 Å². The molecule has 58 valence electrons. The van der Waals surface area contributed by atoms with E-state index in [1.54, 1.807) is 12.1 Å². The van der Waals surface area contributed by atoms with Gasteiger partial charge in [-0.25, -0.2) is 4.39 Å². The van der Waals surface area contributed by atoms with Gasteiger partial charge in [0.2, 0.25) is 0 Å². The largest absolute Gasteiger partial charge is 0.303 e. The molecule has 3 heteroatoms. The molecule has 1 aromatic carbocycles. The van der Waals surface area contributed by atoms with E-state index in [4.69, 9.17) is 0 Å². The lowest BCUT2D eigenvalue weighted by Crippen LogP contribution is -1.87. The van der Waals surface area contributed by atoms with Gasteiger partial charge in [0.05, 0.1) is 0 Å². The Morgan fingerprint density at radius 1 is 1.55 bits per heavy atom. The van der Waals surface area contributed by atoms with Crippen LogP contribution in [0.25, 0.3) is 0 Å². The van der Waals surface area contributed by atoms with E-state index in [0.717, 1.165) is 11.8 Å². The highest BCUT2D eigenvalue weighted by atomic mass is 32.1. The summed E-state index contributed by atoms with van der Waals surface area (Å²) in [6.07, 6.45) is 1.09. The molecule has 0 radical (unpaired) electrons. The lowest BCUT2D eigenvalue weighted by Gasteiger charge is -1.97. The molecular formula is C8H7FOS. The summed E-state index contributed by atoms with van der Waals surface area (Å²) in [5, 5.41) is 0. The molecule has 0 aliphatic rings. The summed E-state index contributed by atoms with van der Waals surface area (Å²) in [5.74, 6) is -0.358. The Bertz CT molecular complexity index is 273. The third-order valence-electron chi connectivity index (χ3n) is 1.33. The monoisotopic (exact) mass is 170 g/mol. The summed E-state index contributed by atoms with van der Waals surface area (Å²) in [5.41, 5.74) is 0.784. The predicted octanol–water partition coefficient (Wildman–Crippen LogP) is 1.86. The van der Waals surface area contributed by atoms with Crippen LogP contribution in [-0.2, 0) is 11.2 Å². The van der Waals surface area contributed by atoms with Crippen LogP contribution >= 0.6 is 12.6 Å². The van der Waals surface area contributed by atoms with Crippen LogP contribution in [0.1, 0.15) is 5.56 Å². The summed E-state index contributed by atoms with van der Waals surface area (Å²) >= 11 is 3.87. The maximum atomic E-state index is 12.6. The van der Waals surface area contributed by atoms with Crippen molar-refractivity contribution in [2.24, 2.45) is 0 Å². The van der Waals surface area contributed by atoms with Gasteiger partial charge in [-0.05, 0) is 17.7 Å². The van der Waals surface area contributed by atoms with Crippen molar-refractivity contribution in [1.82, 2.24) is 0 Å². The first-order valence-corrected chi connectivity index (χ1v) is 3.60. The Balaban J connectivity index is 2.95. The fourth-order valence-corrected chi connectivity index (χ4v) is 1.02. The molecule has 0 aromatic heterocycles. The minimum absolute atomic E-state index is 0.282. The number of rotatable bonds is 2. The Hall–Kier alpha value is -0.830. The molecule has 0 saturated carbocycles. The van der Waals surface area contributed by atoms with Gasteiger partial charge < -0.3 is 4.79 Å². The first-order valence-electron chi connectivity index (χ1n) is 3.15. The second-order valence-electron chi connectivity index (χ2n) is 2.16. The van der Waals surface area contributed by atoms with Gasteiger partial charge in [0.1, 0.15) is 12.1 Å². The molecule has 1 rings (SSSR count). The Morgan fingerprint density at radius 3 is 2.82 bits per heavy atom. The molecule has 11 heavy (non-hydrogen) atoms. The van der Waals surface area contributed by atoms with Gasteiger partial charge in [-0.2, -0.15) is 0 Å². The first kappa shape index (κ1) is 8.27. The minimum atomic E-state index is -0.358. The number of hydrogen-bond donors (Lipinski definition) is 1. The van der Waals surface area contributed by atoms with Crippen LogP contribution in [0.5, 0.6) is 0 Å². The van der Waals surface area contributed by atoms with E-state index in [0.29, 0.717) is 6.42 Å². The van der Waals surface area contributed by atoms with E-state index in [-0.39, 0.29) is 10.7 Å². The van der Waals surface area contributed by atoms with Gasteiger partial charge in [-0.15, -0.1) is 12.6 Å². The Morgan fingerprint density at radius 2 is 2.27 bits per heavy atom. The van der Waals surface area contributed by atoms with Crippen molar-refractivity contribution in [3.63, 3.8) is 0 Å². The standard InChI is InChI=1S/C8H7FOS/c9-7-2-1-6(3-4-10)5-8(7)11/h1-2,4-5,11H,3H2. The lowest BCUT2D eigenvalue weighted by molar-refractivity contribution is -0.107. The molecular weight excluding hydrogens is 163 g/mol. The normalized spacial score (nSPS) is 9.64. The molecule has 1 nitrogen and oxygen atoms in total. The van der Waals surface area contributed by atoms with Gasteiger partial charge in [-0.3, -0.25) is 0 Å². The van der Waals surface area contributed by atoms with Crippen LogP contribution in [0.3, 0.4) is 0 Å². The van der Waals surface area contributed by atoms with Crippen LogP contribution in [-0.4, -0.2) is 6.29 Å². The molecule has 0 aliphatic heterocycles. The van der Waals surface area contributed by atoms with Crippen molar-refractivity contribution >= 4 is 18.9 Å². The number of carbonyl (C=O) groups is 1. The maximum Gasteiger partial charge on any atom is 0.136 e. The highest BCUT2D eigenvalue weighted by Crippen LogP contribution is 2.13.